The van der Waals surface area contributed by atoms with Crippen LogP contribution >= 0.6 is 0 Å². The summed E-state index contributed by atoms with van der Waals surface area (Å²) >= 11 is 0. The van der Waals surface area contributed by atoms with Crippen LogP contribution in [0.25, 0.3) is 5.65 Å². The van der Waals surface area contributed by atoms with Gasteiger partial charge in [0.25, 0.3) is 5.91 Å². The van der Waals surface area contributed by atoms with Gasteiger partial charge < -0.3 is 10.2 Å². The molecule has 0 saturated carbocycles. The molecule has 2 aliphatic heterocycles. The zero-order valence-corrected chi connectivity index (χ0v) is 15.1. The van der Waals surface area contributed by atoms with Gasteiger partial charge in [0, 0.05) is 37.7 Å². The van der Waals surface area contributed by atoms with Crippen molar-refractivity contribution in [2.24, 2.45) is 0 Å². The standard InChI is InChI=1S/C19H23N7O/c27-19(15-12-21-23-17(15)14-4-7-20-11-14)25-9-5-13(6-10-25)18-24-22-16-3-1-2-8-26(16)18/h1-3,8,12-14,20H,4-7,9-11H2,(H,21,23). The topological polar surface area (TPSA) is 91.2 Å². The fraction of sp³-hybridized carbons (Fsp3) is 0.474. The van der Waals surface area contributed by atoms with Crippen LogP contribution < -0.4 is 5.32 Å². The minimum atomic E-state index is 0.0928. The number of aromatic nitrogens is 5. The fourth-order valence-corrected chi connectivity index (χ4v) is 4.33. The smallest absolute Gasteiger partial charge is 0.257 e. The van der Waals surface area contributed by atoms with Crippen molar-refractivity contribution in [3.63, 3.8) is 0 Å². The number of nitrogens with one attached hydrogen (secondary N) is 2. The van der Waals surface area contributed by atoms with E-state index in [1.54, 1.807) is 6.20 Å². The van der Waals surface area contributed by atoms with E-state index in [1.165, 1.54) is 0 Å². The van der Waals surface area contributed by atoms with Crippen molar-refractivity contribution >= 4 is 11.6 Å². The number of hydrogen-bond acceptors (Lipinski definition) is 5. The average Bonchev–Trinajstić information content (AvgIpc) is 3.47. The Hall–Kier alpha value is -2.74. The van der Waals surface area contributed by atoms with Gasteiger partial charge in [0.1, 0.15) is 5.82 Å². The predicted molar refractivity (Wildman–Crippen MR) is 99.7 cm³/mol. The van der Waals surface area contributed by atoms with Gasteiger partial charge in [-0.1, -0.05) is 6.07 Å². The third kappa shape index (κ3) is 2.90. The number of carbonyl (C=O) groups is 1. The van der Waals surface area contributed by atoms with E-state index in [4.69, 9.17) is 0 Å². The third-order valence-electron chi connectivity index (χ3n) is 5.86. The Morgan fingerprint density at radius 3 is 2.81 bits per heavy atom. The molecule has 8 nitrogen and oxygen atoms in total. The van der Waals surface area contributed by atoms with Crippen molar-refractivity contribution in [1.29, 1.82) is 0 Å². The second-order valence-corrected chi connectivity index (χ2v) is 7.44. The molecule has 0 aromatic carbocycles. The molecule has 0 radical (unpaired) electrons. The summed E-state index contributed by atoms with van der Waals surface area (Å²) in [5, 5.41) is 19.2. The van der Waals surface area contributed by atoms with Gasteiger partial charge in [0.2, 0.25) is 0 Å². The Kier molecular flexibility index (Phi) is 4.12. The first-order valence-electron chi connectivity index (χ1n) is 9.64. The molecule has 2 N–H and O–H groups in total. The number of amides is 1. The van der Waals surface area contributed by atoms with Crippen molar-refractivity contribution in [2.75, 3.05) is 26.2 Å². The van der Waals surface area contributed by atoms with E-state index < -0.39 is 0 Å². The highest BCUT2D eigenvalue weighted by Gasteiger charge is 2.31. The zero-order chi connectivity index (χ0) is 18.2. The second-order valence-electron chi connectivity index (χ2n) is 7.44. The molecule has 8 heteroatoms. The number of rotatable bonds is 3. The monoisotopic (exact) mass is 365 g/mol. The molecule has 27 heavy (non-hydrogen) atoms. The minimum absolute atomic E-state index is 0.0928. The number of piperidine rings is 1. The molecular weight excluding hydrogens is 342 g/mol. The van der Waals surface area contributed by atoms with Crippen LogP contribution in [0.4, 0.5) is 0 Å². The molecule has 1 amide bonds. The normalized spacial score (nSPS) is 21.2. The number of fused-ring (bicyclic) bond motifs is 1. The number of aromatic amines is 1. The van der Waals surface area contributed by atoms with Gasteiger partial charge in [-0.05, 0) is 37.9 Å². The van der Waals surface area contributed by atoms with Gasteiger partial charge in [-0.3, -0.25) is 14.3 Å². The maximum absolute atomic E-state index is 13.1. The van der Waals surface area contributed by atoms with Crippen molar-refractivity contribution in [1.82, 2.24) is 35.0 Å². The van der Waals surface area contributed by atoms with Gasteiger partial charge in [-0.15, -0.1) is 10.2 Å². The lowest BCUT2D eigenvalue weighted by atomic mass is 9.94. The number of carbonyl (C=O) groups excluding carboxylic acids is 1. The Labute approximate surface area is 157 Å². The molecule has 2 fully saturated rings. The first-order chi connectivity index (χ1) is 13.3. The summed E-state index contributed by atoms with van der Waals surface area (Å²) in [5.74, 6) is 1.77. The third-order valence-corrected chi connectivity index (χ3v) is 5.86. The van der Waals surface area contributed by atoms with Gasteiger partial charge in [0.05, 0.1) is 17.5 Å². The van der Waals surface area contributed by atoms with Crippen LogP contribution in [0.5, 0.6) is 0 Å². The van der Waals surface area contributed by atoms with Gasteiger partial charge in [0.15, 0.2) is 5.65 Å². The van der Waals surface area contributed by atoms with Crippen molar-refractivity contribution in [3.8, 4) is 0 Å². The highest BCUT2D eigenvalue weighted by molar-refractivity contribution is 5.95. The summed E-state index contributed by atoms with van der Waals surface area (Å²) in [5.41, 5.74) is 2.59. The van der Waals surface area contributed by atoms with Crippen molar-refractivity contribution < 1.29 is 4.79 Å². The molecule has 1 unspecified atom stereocenters. The van der Waals surface area contributed by atoms with Crippen LogP contribution in [0.3, 0.4) is 0 Å². The van der Waals surface area contributed by atoms with Gasteiger partial charge >= 0.3 is 0 Å². The first kappa shape index (κ1) is 16.4. The number of pyridine rings is 1. The van der Waals surface area contributed by atoms with E-state index in [2.05, 4.69) is 30.1 Å². The summed E-state index contributed by atoms with van der Waals surface area (Å²) in [7, 11) is 0. The van der Waals surface area contributed by atoms with E-state index in [0.29, 0.717) is 11.8 Å². The molecule has 0 bridgehead atoms. The molecule has 2 saturated heterocycles. The Bertz CT molecular complexity index is 948. The zero-order valence-electron chi connectivity index (χ0n) is 15.1. The van der Waals surface area contributed by atoms with Crippen molar-refractivity contribution in [3.05, 3.63) is 47.7 Å². The highest BCUT2D eigenvalue weighted by Crippen LogP contribution is 2.29. The Morgan fingerprint density at radius 2 is 2.00 bits per heavy atom. The molecule has 2 aliphatic rings. The lowest BCUT2D eigenvalue weighted by Crippen LogP contribution is -2.38. The van der Waals surface area contributed by atoms with E-state index in [1.807, 2.05) is 29.3 Å². The maximum atomic E-state index is 13.1. The lowest BCUT2D eigenvalue weighted by Gasteiger charge is -2.31. The molecule has 5 heterocycles. The van der Waals surface area contributed by atoms with Crippen LogP contribution in [-0.2, 0) is 0 Å². The molecule has 0 aliphatic carbocycles. The fourth-order valence-electron chi connectivity index (χ4n) is 4.33. The van der Waals surface area contributed by atoms with Gasteiger partial charge in [-0.2, -0.15) is 5.10 Å². The van der Waals surface area contributed by atoms with E-state index >= 15 is 0 Å². The number of nitrogens with zero attached hydrogens (tertiary/aromatic N) is 5. The maximum Gasteiger partial charge on any atom is 0.257 e. The highest BCUT2D eigenvalue weighted by atomic mass is 16.2. The molecule has 1 atom stereocenters. The first-order valence-corrected chi connectivity index (χ1v) is 9.64. The predicted octanol–water partition coefficient (Wildman–Crippen LogP) is 1.55. The summed E-state index contributed by atoms with van der Waals surface area (Å²) < 4.78 is 2.06. The molecular formula is C19H23N7O. The van der Waals surface area contributed by atoms with E-state index in [9.17, 15) is 4.79 Å². The van der Waals surface area contributed by atoms with Crippen LogP contribution in [0, 0.1) is 0 Å². The molecule has 0 spiro atoms. The SMILES string of the molecule is O=C(c1cn[nH]c1C1CCNC1)N1CCC(c2nnc3ccccn23)CC1. The quantitative estimate of drug-likeness (QED) is 0.735. The average molecular weight is 365 g/mol. The number of H-pyrrole nitrogens is 1. The minimum Gasteiger partial charge on any atom is -0.338 e. The Morgan fingerprint density at radius 1 is 1.11 bits per heavy atom. The summed E-state index contributed by atoms with van der Waals surface area (Å²) in [6, 6.07) is 5.93. The van der Waals surface area contributed by atoms with Crippen LogP contribution in [-0.4, -0.2) is 61.8 Å². The molecule has 140 valence electrons. The van der Waals surface area contributed by atoms with E-state index in [0.717, 1.165) is 68.2 Å². The summed E-state index contributed by atoms with van der Waals surface area (Å²) in [4.78, 5) is 15.0. The van der Waals surface area contributed by atoms with Gasteiger partial charge in [-0.25, -0.2) is 0 Å². The number of hydrogen-bond donors (Lipinski definition) is 2. The summed E-state index contributed by atoms with van der Waals surface area (Å²) in [6.45, 7) is 3.37. The van der Waals surface area contributed by atoms with E-state index in [-0.39, 0.29) is 5.91 Å². The summed E-state index contributed by atoms with van der Waals surface area (Å²) in [6.07, 6.45) is 6.55. The molecule has 3 aromatic heterocycles. The second kappa shape index (κ2) is 6.77. The van der Waals surface area contributed by atoms with Crippen LogP contribution in [0.15, 0.2) is 30.6 Å². The largest absolute Gasteiger partial charge is 0.338 e. The molecule has 5 rings (SSSR count). The van der Waals surface area contributed by atoms with Crippen LogP contribution in [0.1, 0.15) is 53.0 Å². The molecule has 3 aromatic rings. The Balaban J connectivity index is 1.29. The van der Waals surface area contributed by atoms with Crippen LogP contribution in [0.2, 0.25) is 0 Å². The lowest BCUT2D eigenvalue weighted by molar-refractivity contribution is 0.0709. The van der Waals surface area contributed by atoms with Crippen molar-refractivity contribution in [2.45, 2.75) is 31.1 Å². The number of likely N-dealkylation sites (tertiary alicyclic amines) is 1.